The van der Waals surface area contributed by atoms with Crippen molar-refractivity contribution in [2.24, 2.45) is 0 Å². The second-order valence-corrected chi connectivity index (χ2v) is 4.93. The van der Waals surface area contributed by atoms with E-state index in [9.17, 15) is 0 Å². The molecule has 1 nitrogen and oxygen atoms in total. The van der Waals surface area contributed by atoms with Gasteiger partial charge >= 0.3 is 0 Å². The zero-order chi connectivity index (χ0) is 11.9. The zero-order valence-electron chi connectivity index (χ0n) is 9.87. The largest absolute Gasteiger partial charge is 0.479 e. The lowest BCUT2D eigenvalue weighted by Crippen LogP contribution is -2.10. The van der Waals surface area contributed by atoms with Crippen molar-refractivity contribution in [1.29, 1.82) is 0 Å². The topological polar surface area (TPSA) is 9.23 Å². The Balaban J connectivity index is 1.98. The maximum absolute atomic E-state index is 5.93. The molecule has 0 aliphatic heterocycles. The van der Waals surface area contributed by atoms with E-state index >= 15 is 0 Å². The molecule has 0 heterocycles. The van der Waals surface area contributed by atoms with E-state index in [1.165, 1.54) is 4.90 Å². The van der Waals surface area contributed by atoms with Gasteiger partial charge in [0.05, 0.1) is 0 Å². The fourth-order valence-corrected chi connectivity index (χ4v) is 2.44. The van der Waals surface area contributed by atoms with Crippen LogP contribution < -0.4 is 4.74 Å². The van der Waals surface area contributed by atoms with Crippen molar-refractivity contribution in [2.45, 2.75) is 23.7 Å². The molecule has 0 aliphatic rings. The highest BCUT2D eigenvalue weighted by atomic mass is 32.2. The summed E-state index contributed by atoms with van der Waals surface area (Å²) < 4.78 is 5.93. The van der Waals surface area contributed by atoms with Crippen LogP contribution in [0.1, 0.15) is 13.3 Å². The Morgan fingerprint density at radius 3 is 2.12 bits per heavy atom. The first-order valence-corrected chi connectivity index (χ1v) is 6.70. The fourth-order valence-electron chi connectivity index (χ4n) is 1.49. The van der Waals surface area contributed by atoms with Gasteiger partial charge in [-0.15, -0.1) is 0 Å². The highest BCUT2D eigenvalue weighted by molar-refractivity contribution is 7.99. The summed E-state index contributed by atoms with van der Waals surface area (Å²) in [5, 5.41) is 0. The lowest BCUT2D eigenvalue weighted by molar-refractivity contribution is 0.284. The van der Waals surface area contributed by atoms with Crippen LogP contribution in [0.2, 0.25) is 0 Å². The van der Waals surface area contributed by atoms with Crippen LogP contribution in [0.25, 0.3) is 0 Å². The van der Waals surface area contributed by atoms with Gasteiger partial charge in [-0.05, 0) is 30.7 Å². The number of benzene rings is 2. The number of ether oxygens (including phenoxy) is 1. The van der Waals surface area contributed by atoms with Crippen LogP contribution in [-0.2, 0) is 0 Å². The van der Waals surface area contributed by atoms with Crippen LogP contribution in [0.5, 0.6) is 5.75 Å². The molecule has 0 amide bonds. The van der Waals surface area contributed by atoms with Crippen LogP contribution in [0, 0.1) is 0 Å². The van der Waals surface area contributed by atoms with Crippen LogP contribution in [0.4, 0.5) is 0 Å². The predicted octanol–water partition coefficient (Wildman–Crippen LogP) is 4.59. The molecule has 17 heavy (non-hydrogen) atoms. The molecule has 0 spiro atoms. The molecule has 2 rings (SSSR count). The molecule has 88 valence electrons. The number of para-hydroxylation sites is 1. The lowest BCUT2D eigenvalue weighted by Gasteiger charge is -2.16. The zero-order valence-corrected chi connectivity index (χ0v) is 10.7. The van der Waals surface area contributed by atoms with Crippen LogP contribution in [-0.4, -0.2) is 5.44 Å². The summed E-state index contributed by atoms with van der Waals surface area (Å²) in [6.07, 6.45) is 0.981. The van der Waals surface area contributed by atoms with Gasteiger partial charge < -0.3 is 4.74 Å². The standard InChI is InChI=1S/C15H16OS/c1-2-15(16-13-9-5-3-6-10-13)17-14-11-7-4-8-12-14/h3-12,15H,2H2,1H3. The van der Waals surface area contributed by atoms with Gasteiger partial charge in [-0.25, -0.2) is 0 Å². The summed E-state index contributed by atoms with van der Waals surface area (Å²) in [5.41, 5.74) is 0.166. The summed E-state index contributed by atoms with van der Waals surface area (Å²) in [5.74, 6) is 0.933. The smallest absolute Gasteiger partial charge is 0.148 e. The van der Waals surface area contributed by atoms with E-state index in [4.69, 9.17) is 4.74 Å². The van der Waals surface area contributed by atoms with E-state index in [1.54, 1.807) is 11.8 Å². The third kappa shape index (κ3) is 3.82. The molecular formula is C15H16OS. The molecule has 0 bridgehead atoms. The molecule has 0 saturated carbocycles. The van der Waals surface area contributed by atoms with Gasteiger partial charge in [0.15, 0.2) is 0 Å². The molecule has 0 N–H and O–H groups in total. The number of thioether (sulfide) groups is 1. The van der Waals surface area contributed by atoms with Crippen LogP contribution in [0.3, 0.4) is 0 Å². The van der Waals surface area contributed by atoms with Gasteiger partial charge in [0, 0.05) is 4.90 Å². The Morgan fingerprint density at radius 1 is 0.941 bits per heavy atom. The molecule has 0 aliphatic carbocycles. The number of rotatable bonds is 5. The van der Waals surface area contributed by atoms with E-state index < -0.39 is 0 Å². The maximum Gasteiger partial charge on any atom is 0.148 e. The van der Waals surface area contributed by atoms with Crippen molar-refractivity contribution >= 4 is 11.8 Å². The summed E-state index contributed by atoms with van der Waals surface area (Å²) in [6, 6.07) is 20.3. The van der Waals surface area contributed by atoms with Crippen molar-refractivity contribution in [3.8, 4) is 5.75 Å². The quantitative estimate of drug-likeness (QED) is 0.562. The summed E-state index contributed by atoms with van der Waals surface area (Å²) in [6.45, 7) is 2.14. The molecule has 2 aromatic rings. The first-order valence-electron chi connectivity index (χ1n) is 5.82. The van der Waals surface area contributed by atoms with E-state index in [0.29, 0.717) is 0 Å². The molecule has 2 aromatic carbocycles. The maximum atomic E-state index is 5.93. The average Bonchev–Trinajstić information content (AvgIpc) is 2.40. The Kier molecular flexibility index (Phi) is 4.51. The Morgan fingerprint density at radius 2 is 1.53 bits per heavy atom. The Bertz CT molecular complexity index is 386. The highest BCUT2D eigenvalue weighted by Crippen LogP contribution is 2.27. The highest BCUT2D eigenvalue weighted by Gasteiger charge is 2.09. The lowest BCUT2D eigenvalue weighted by atomic mass is 10.3. The summed E-state index contributed by atoms with van der Waals surface area (Å²) >= 11 is 1.76. The van der Waals surface area contributed by atoms with Crippen molar-refractivity contribution in [3.63, 3.8) is 0 Å². The number of hydrogen-bond donors (Lipinski definition) is 0. The van der Waals surface area contributed by atoms with Gasteiger partial charge in [-0.1, -0.05) is 55.1 Å². The minimum atomic E-state index is 0.166. The molecule has 2 heteroatoms. The third-order valence-corrected chi connectivity index (χ3v) is 3.59. The monoisotopic (exact) mass is 244 g/mol. The predicted molar refractivity (Wildman–Crippen MR) is 73.4 cm³/mol. The summed E-state index contributed by atoms with van der Waals surface area (Å²) in [7, 11) is 0. The number of hydrogen-bond acceptors (Lipinski definition) is 2. The van der Waals surface area contributed by atoms with Gasteiger partial charge in [0.2, 0.25) is 0 Å². The molecular weight excluding hydrogens is 228 g/mol. The van der Waals surface area contributed by atoms with Gasteiger partial charge in [0.1, 0.15) is 11.2 Å². The van der Waals surface area contributed by atoms with Gasteiger partial charge in [-0.2, -0.15) is 0 Å². The fraction of sp³-hybridized carbons (Fsp3) is 0.200. The molecule has 0 aromatic heterocycles. The second kappa shape index (κ2) is 6.36. The van der Waals surface area contributed by atoms with Crippen molar-refractivity contribution in [1.82, 2.24) is 0 Å². The normalized spacial score (nSPS) is 12.1. The first-order chi connectivity index (χ1) is 8.38. The molecule has 0 saturated heterocycles. The van der Waals surface area contributed by atoms with Crippen LogP contribution >= 0.6 is 11.8 Å². The molecule has 0 radical (unpaired) electrons. The third-order valence-electron chi connectivity index (χ3n) is 2.35. The van der Waals surface area contributed by atoms with Crippen molar-refractivity contribution in [3.05, 3.63) is 60.7 Å². The molecule has 1 unspecified atom stereocenters. The van der Waals surface area contributed by atoms with E-state index in [0.717, 1.165) is 12.2 Å². The Hall–Kier alpha value is -1.41. The second-order valence-electron chi connectivity index (χ2n) is 3.70. The SMILES string of the molecule is CCC(Oc1ccccc1)Sc1ccccc1. The summed E-state index contributed by atoms with van der Waals surface area (Å²) in [4.78, 5) is 1.25. The average molecular weight is 244 g/mol. The van der Waals surface area contributed by atoms with Crippen molar-refractivity contribution < 1.29 is 4.74 Å². The molecule has 0 fully saturated rings. The first kappa shape index (κ1) is 12.1. The van der Waals surface area contributed by atoms with Gasteiger partial charge in [-0.3, -0.25) is 0 Å². The Labute approximate surface area is 107 Å². The van der Waals surface area contributed by atoms with E-state index in [2.05, 4.69) is 31.2 Å². The van der Waals surface area contributed by atoms with Gasteiger partial charge in [0.25, 0.3) is 0 Å². The molecule has 1 atom stereocenters. The van der Waals surface area contributed by atoms with Crippen LogP contribution in [0.15, 0.2) is 65.6 Å². The van der Waals surface area contributed by atoms with Crippen molar-refractivity contribution in [2.75, 3.05) is 0 Å². The van der Waals surface area contributed by atoms with E-state index in [1.807, 2.05) is 36.4 Å². The van der Waals surface area contributed by atoms with E-state index in [-0.39, 0.29) is 5.44 Å². The minimum absolute atomic E-state index is 0.166. The minimum Gasteiger partial charge on any atom is -0.479 e.